The van der Waals surface area contributed by atoms with Crippen molar-refractivity contribution in [2.45, 2.75) is 0 Å². The van der Waals surface area contributed by atoms with Crippen molar-refractivity contribution in [2.75, 3.05) is 6.61 Å². The van der Waals surface area contributed by atoms with E-state index >= 15 is 0 Å². The molecule has 0 aliphatic carbocycles. The Hall–Kier alpha value is -3.79. The second-order valence-electron chi connectivity index (χ2n) is 7.14. The Balaban J connectivity index is 1.91. The first-order valence-electron chi connectivity index (χ1n) is 10.1. The number of rotatable bonds is 4. The van der Waals surface area contributed by atoms with Crippen LogP contribution in [0.25, 0.3) is 16.8 Å². The summed E-state index contributed by atoms with van der Waals surface area (Å²) in [5.41, 5.74) is 3.94. The molecule has 4 aromatic carbocycles. The van der Waals surface area contributed by atoms with Crippen molar-refractivity contribution in [2.24, 2.45) is 0 Å². The number of hydrogen-bond acceptors (Lipinski definition) is 3. The molecule has 4 rings (SSSR count). The van der Waals surface area contributed by atoms with Gasteiger partial charge < -0.3 is 14.8 Å². The highest BCUT2D eigenvalue weighted by molar-refractivity contribution is 7.82. The molecule has 0 fully saturated rings. The summed E-state index contributed by atoms with van der Waals surface area (Å²) in [5, 5.41) is 23.3. The third-order valence-electron chi connectivity index (χ3n) is 5.11. The summed E-state index contributed by atoms with van der Waals surface area (Å²) in [6, 6.07) is 29.6. The van der Waals surface area contributed by atoms with Crippen molar-refractivity contribution in [3.05, 3.63) is 119 Å². The maximum atomic E-state index is 14.2. The second-order valence-corrected chi connectivity index (χ2v) is 9.81. The normalized spacial score (nSPS) is 10.7. The predicted molar refractivity (Wildman–Crippen MR) is 132 cm³/mol. The smallest absolute Gasteiger partial charge is 0.212 e. The van der Waals surface area contributed by atoms with E-state index in [-0.39, 0.29) is 12.1 Å². The molecule has 0 aromatic heterocycles. The number of aliphatic hydroxyl groups is 2. The largest absolute Gasteiger partial charge is 0.498 e. The molecule has 156 valence electrons. The van der Waals surface area contributed by atoms with Gasteiger partial charge in [-0.2, -0.15) is 0 Å². The second kappa shape index (κ2) is 9.56. The minimum atomic E-state index is -3.48. The molecule has 0 spiro atoms. The lowest BCUT2D eigenvalue weighted by atomic mass is 10.0. The monoisotopic (exact) mass is 436 g/mol. The van der Waals surface area contributed by atoms with Crippen LogP contribution >= 0.6 is 7.14 Å². The first-order chi connectivity index (χ1) is 15.6. The van der Waals surface area contributed by atoms with Crippen molar-refractivity contribution >= 4 is 34.6 Å². The average Bonchev–Trinajstić information content (AvgIpc) is 2.86. The fourth-order valence-electron chi connectivity index (χ4n) is 3.52. The van der Waals surface area contributed by atoms with E-state index in [4.69, 9.17) is 5.11 Å². The predicted octanol–water partition coefficient (Wildman–Crippen LogP) is 5.21. The molecule has 0 aliphatic heterocycles. The van der Waals surface area contributed by atoms with Crippen molar-refractivity contribution in [3.8, 4) is 11.8 Å². The van der Waals surface area contributed by atoms with Gasteiger partial charge in [0.15, 0.2) is 0 Å². The van der Waals surface area contributed by atoms with E-state index in [9.17, 15) is 9.67 Å². The Morgan fingerprint density at radius 3 is 1.91 bits per heavy atom. The average molecular weight is 436 g/mol. The molecule has 0 bridgehead atoms. The maximum absolute atomic E-state index is 14.2. The van der Waals surface area contributed by atoms with Crippen molar-refractivity contribution in [1.82, 2.24) is 0 Å². The van der Waals surface area contributed by atoms with E-state index in [0.717, 1.165) is 10.8 Å². The van der Waals surface area contributed by atoms with Crippen LogP contribution in [0.3, 0.4) is 0 Å². The van der Waals surface area contributed by atoms with Crippen molar-refractivity contribution in [1.29, 1.82) is 0 Å². The molecular weight excluding hydrogens is 415 g/mol. The number of benzene rings is 4. The summed E-state index contributed by atoms with van der Waals surface area (Å²) in [5.74, 6) is 5.62. The van der Waals surface area contributed by atoms with Crippen LogP contribution in [0.4, 0.5) is 0 Å². The Kier molecular flexibility index (Phi) is 6.41. The van der Waals surface area contributed by atoms with E-state index in [1.165, 1.54) is 0 Å². The first-order valence-corrected chi connectivity index (χ1v) is 11.8. The molecule has 0 heterocycles. The SMILES string of the molecule is O=P(C(O)=C=Cc1cc2ccccc2cc1C#CCO)(c1ccccc1)c1ccccc1. The van der Waals surface area contributed by atoms with E-state index in [1.807, 2.05) is 48.5 Å². The summed E-state index contributed by atoms with van der Waals surface area (Å²) in [6.45, 7) is -0.256. The van der Waals surface area contributed by atoms with Gasteiger partial charge in [-0.25, -0.2) is 0 Å². The molecule has 0 saturated heterocycles. The van der Waals surface area contributed by atoms with Gasteiger partial charge in [0, 0.05) is 16.2 Å². The molecule has 0 amide bonds. The summed E-state index contributed by atoms with van der Waals surface area (Å²) in [4.78, 5) is 0. The Labute approximate surface area is 187 Å². The Morgan fingerprint density at radius 2 is 1.34 bits per heavy atom. The molecule has 32 heavy (non-hydrogen) atoms. The van der Waals surface area contributed by atoms with Gasteiger partial charge in [-0.05, 0) is 34.5 Å². The van der Waals surface area contributed by atoms with Gasteiger partial charge in [0.25, 0.3) is 0 Å². The standard InChI is InChI=1S/C28H21O3P/c29-19-9-12-24-20-22-10-7-8-11-23(22)21-25(24)17-18-28(30)32(31,26-13-3-1-4-14-26)27-15-5-2-6-16-27/h1-8,10-11,13-17,20-21,29-30H,19H2. The van der Waals surface area contributed by atoms with Crippen LogP contribution in [0, 0.1) is 11.8 Å². The number of aliphatic hydroxyl groups excluding tert-OH is 2. The molecule has 4 heteroatoms. The fourth-order valence-corrected chi connectivity index (χ4v) is 5.74. The Morgan fingerprint density at radius 1 is 0.812 bits per heavy atom. The van der Waals surface area contributed by atoms with Crippen LogP contribution in [-0.2, 0) is 4.57 Å². The van der Waals surface area contributed by atoms with Gasteiger partial charge in [0.1, 0.15) is 6.61 Å². The Bertz CT molecular complexity index is 1380. The molecule has 3 nitrogen and oxygen atoms in total. The molecule has 2 N–H and O–H groups in total. The molecule has 0 aliphatic rings. The van der Waals surface area contributed by atoms with Crippen molar-refractivity contribution < 1.29 is 14.8 Å². The van der Waals surface area contributed by atoms with E-state index < -0.39 is 7.14 Å². The minimum Gasteiger partial charge on any atom is -0.498 e. The number of fused-ring (bicyclic) bond motifs is 1. The quantitative estimate of drug-likeness (QED) is 0.200. The van der Waals surface area contributed by atoms with Crippen LogP contribution in [-0.4, -0.2) is 16.8 Å². The summed E-state index contributed by atoms with van der Waals surface area (Å²) in [7, 11) is -3.48. The highest BCUT2D eigenvalue weighted by Gasteiger charge is 2.32. The van der Waals surface area contributed by atoms with E-state index in [1.54, 1.807) is 54.6 Å². The van der Waals surface area contributed by atoms with Crippen LogP contribution in [0.15, 0.2) is 108 Å². The van der Waals surface area contributed by atoms with Crippen LogP contribution in [0.1, 0.15) is 11.1 Å². The zero-order valence-corrected chi connectivity index (χ0v) is 18.2. The third-order valence-corrected chi connectivity index (χ3v) is 7.89. The van der Waals surface area contributed by atoms with Gasteiger partial charge in [-0.1, -0.05) is 103 Å². The molecule has 0 atom stereocenters. The van der Waals surface area contributed by atoms with Crippen molar-refractivity contribution in [3.63, 3.8) is 0 Å². The maximum Gasteiger partial charge on any atom is 0.212 e. The summed E-state index contributed by atoms with van der Waals surface area (Å²) in [6.07, 6.45) is 1.60. The number of hydrogen-bond donors (Lipinski definition) is 2. The topological polar surface area (TPSA) is 57.5 Å². The van der Waals surface area contributed by atoms with Gasteiger partial charge in [-0.15, -0.1) is 0 Å². The van der Waals surface area contributed by atoms with Crippen LogP contribution in [0.2, 0.25) is 0 Å². The zero-order valence-electron chi connectivity index (χ0n) is 17.3. The van der Waals surface area contributed by atoms with Crippen LogP contribution < -0.4 is 10.6 Å². The van der Waals surface area contributed by atoms with E-state index in [0.29, 0.717) is 21.7 Å². The molecule has 0 radical (unpaired) electrons. The lowest BCUT2D eigenvalue weighted by molar-refractivity contribution is 0.350. The van der Waals surface area contributed by atoms with Gasteiger partial charge in [0.2, 0.25) is 12.6 Å². The lowest BCUT2D eigenvalue weighted by Gasteiger charge is -2.17. The lowest BCUT2D eigenvalue weighted by Crippen LogP contribution is -2.17. The fraction of sp³-hybridized carbons (Fsp3) is 0.0357. The van der Waals surface area contributed by atoms with Crippen LogP contribution in [0.5, 0.6) is 0 Å². The van der Waals surface area contributed by atoms with E-state index in [2.05, 4.69) is 17.6 Å². The summed E-state index contributed by atoms with van der Waals surface area (Å²) >= 11 is 0. The highest BCUT2D eigenvalue weighted by atomic mass is 31.2. The van der Waals surface area contributed by atoms with Gasteiger partial charge in [-0.3, -0.25) is 0 Å². The minimum absolute atomic E-state index is 0.256. The molecule has 0 unspecified atom stereocenters. The van der Waals surface area contributed by atoms with Gasteiger partial charge in [0.05, 0.1) is 0 Å². The highest BCUT2D eigenvalue weighted by Crippen LogP contribution is 2.49. The molecular formula is C28H21O3P. The molecule has 0 saturated carbocycles. The zero-order chi connectivity index (χ0) is 22.4. The summed E-state index contributed by atoms with van der Waals surface area (Å²) < 4.78 is 14.2. The third kappa shape index (κ3) is 4.30. The first kappa shape index (κ1) is 21.4. The molecule has 4 aromatic rings. The van der Waals surface area contributed by atoms with Gasteiger partial charge >= 0.3 is 0 Å².